The third-order valence-corrected chi connectivity index (χ3v) is 11.2. The van der Waals surface area contributed by atoms with E-state index in [1.165, 1.54) is 0 Å². The summed E-state index contributed by atoms with van der Waals surface area (Å²) < 4.78 is 13.4. The number of anilines is 1. The summed E-state index contributed by atoms with van der Waals surface area (Å²) in [5.74, 6) is 0.00693. The zero-order valence-corrected chi connectivity index (χ0v) is 30.3. The van der Waals surface area contributed by atoms with Gasteiger partial charge in [0.25, 0.3) is 5.91 Å². The molecule has 9 nitrogen and oxygen atoms in total. The van der Waals surface area contributed by atoms with Crippen LogP contribution < -0.4 is 15.5 Å². The summed E-state index contributed by atoms with van der Waals surface area (Å²) in [6.45, 7) is 3.24. The van der Waals surface area contributed by atoms with Crippen molar-refractivity contribution in [1.29, 1.82) is 0 Å². The largest absolute Gasteiger partial charge is 0.392 e. The van der Waals surface area contributed by atoms with Crippen molar-refractivity contribution >= 4 is 17.5 Å². The molecule has 5 aromatic carbocycles. The predicted molar refractivity (Wildman–Crippen MR) is 208 cm³/mol. The van der Waals surface area contributed by atoms with E-state index in [0.717, 1.165) is 71.5 Å². The molecule has 8 rings (SSSR count). The molecular formula is C45H46N4O5. The number of piperidine rings is 1. The molecule has 0 saturated carbocycles. The van der Waals surface area contributed by atoms with Crippen LogP contribution in [0.5, 0.6) is 0 Å². The number of aliphatic hydroxyl groups is 1. The lowest BCUT2D eigenvalue weighted by atomic mass is 9.85. The van der Waals surface area contributed by atoms with Gasteiger partial charge >= 0.3 is 0 Å². The van der Waals surface area contributed by atoms with Crippen LogP contribution in [0.15, 0.2) is 133 Å². The van der Waals surface area contributed by atoms with Gasteiger partial charge in [-0.1, -0.05) is 109 Å². The molecule has 2 amide bonds. The van der Waals surface area contributed by atoms with Gasteiger partial charge in [0.15, 0.2) is 6.29 Å². The highest BCUT2D eigenvalue weighted by molar-refractivity contribution is 5.94. The van der Waals surface area contributed by atoms with Crippen molar-refractivity contribution in [1.82, 2.24) is 15.5 Å². The number of nitrogens with zero attached hydrogens (tertiary/aromatic N) is 2. The summed E-state index contributed by atoms with van der Waals surface area (Å²) in [5, 5.41) is 15.8. The predicted octanol–water partition coefficient (Wildman–Crippen LogP) is 6.75. The third kappa shape index (κ3) is 7.54. The highest BCUT2D eigenvalue weighted by Gasteiger charge is 2.50. The Morgan fingerprint density at radius 1 is 0.796 bits per heavy atom. The number of rotatable bonds is 10. The van der Waals surface area contributed by atoms with Gasteiger partial charge in [-0.2, -0.15) is 0 Å². The van der Waals surface area contributed by atoms with Crippen molar-refractivity contribution in [3.8, 4) is 11.1 Å². The maximum atomic E-state index is 13.3. The van der Waals surface area contributed by atoms with Crippen molar-refractivity contribution in [2.24, 2.45) is 0 Å². The molecule has 3 aliphatic heterocycles. The van der Waals surface area contributed by atoms with E-state index in [1.807, 2.05) is 91.0 Å². The molecule has 9 heteroatoms. The van der Waals surface area contributed by atoms with E-state index in [-0.39, 0.29) is 30.6 Å². The lowest BCUT2D eigenvalue weighted by Gasteiger charge is -2.45. The molecule has 54 heavy (non-hydrogen) atoms. The second-order valence-corrected chi connectivity index (χ2v) is 14.4. The van der Waals surface area contributed by atoms with E-state index in [0.29, 0.717) is 25.2 Å². The Labute approximate surface area is 316 Å². The van der Waals surface area contributed by atoms with Crippen molar-refractivity contribution < 1.29 is 24.2 Å². The Kier molecular flexibility index (Phi) is 10.6. The van der Waals surface area contributed by atoms with Gasteiger partial charge in [-0.15, -0.1) is 0 Å². The number of carbonyl (C=O) groups excluding carboxylic acids is 2. The number of para-hydroxylation sites is 1. The molecule has 0 aliphatic carbocycles. The van der Waals surface area contributed by atoms with E-state index in [4.69, 9.17) is 9.47 Å². The summed E-state index contributed by atoms with van der Waals surface area (Å²) in [6.07, 6.45) is 1.30. The van der Waals surface area contributed by atoms with Crippen molar-refractivity contribution in [2.45, 2.75) is 56.5 Å². The van der Waals surface area contributed by atoms with Gasteiger partial charge in [-0.05, 0) is 64.9 Å². The number of hydrogen-bond donors (Lipinski definition) is 3. The Morgan fingerprint density at radius 2 is 1.46 bits per heavy atom. The van der Waals surface area contributed by atoms with Crippen LogP contribution in [0.25, 0.3) is 11.1 Å². The quantitative estimate of drug-likeness (QED) is 0.147. The van der Waals surface area contributed by atoms with Crippen molar-refractivity contribution in [2.75, 3.05) is 31.2 Å². The van der Waals surface area contributed by atoms with E-state index in [9.17, 15) is 14.7 Å². The van der Waals surface area contributed by atoms with Crippen LogP contribution in [0.1, 0.15) is 64.3 Å². The molecule has 3 N–H and O–H groups in total. The summed E-state index contributed by atoms with van der Waals surface area (Å²) in [5.41, 5.74) is 7.10. The number of aliphatic hydroxyl groups excluding tert-OH is 1. The molecule has 3 saturated heterocycles. The van der Waals surface area contributed by atoms with Gasteiger partial charge < -0.3 is 35.0 Å². The second-order valence-electron chi connectivity index (χ2n) is 14.4. The SMILES string of the molecule is O=C(NCc1ccccc1-c1ccc(C2OC(CN3CCC4(CC3)C(=O)NCN4c3ccccc3)CC(c3ccc(CO)cc3)O2)cc1)c1ccccc1. The summed E-state index contributed by atoms with van der Waals surface area (Å²) in [6, 6.07) is 43.8. The Morgan fingerprint density at radius 3 is 2.19 bits per heavy atom. The van der Waals surface area contributed by atoms with Crippen LogP contribution in [0.2, 0.25) is 0 Å². The van der Waals surface area contributed by atoms with Gasteiger partial charge in [0.2, 0.25) is 5.91 Å². The minimum Gasteiger partial charge on any atom is -0.392 e. The first-order chi connectivity index (χ1) is 26.5. The fourth-order valence-corrected chi connectivity index (χ4v) is 8.10. The maximum absolute atomic E-state index is 13.3. The van der Waals surface area contributed by atoms with Crippen LogP contribution in [0.4, 0.5) is 5.69 Å². The zero-order chi connectivity index (χ0) is 36.9. The van der Waals surface area contributed by atoms with Gasteiger partial charge in [0, 0.05) is 49.4 Å². The molecule has 0 aromatic heterocycles. The summed E-state index contributed by atoms with van der Waals surface area (Å²) in [4.78, 5) is 30.7. The molecule has 3 fully saturated rings. The number of benzene rings is 5. The molecule has 0 radical (unpaired) electrons. The minimum atomic E-state index is -0.578. The summed E-state index contributed by atoms with van der Waals surface area (Å²) >= 11 is 0. The fraction of sp³-hybridized carbons (Fsp3) is 0.289. The van der Waals surface area contributed by atoms with Gasteiger partial charge in [0.05, 0.1) is 25.5 Å². The number of likely N-dealkylation sites (tertiary alicyclic amines) is 1. The molecule has 0 bridgehead atoms. The normalized spacial score (nSPS) is 21.2. The van der Waals surface area contributed by atoms with E-state index >= 15 is 0 Å². The number of amides is 2. The topological polar surface area (TPSA) is 103 Å². The molecule has 3 aliphatic rings. The van der Waals surface area contributed by atoms with Crippen molar-refractivity contribution in [3.05, 3.63) is 161 Å². The minimum absolute atomic E-state index is 0.00872. The molecule has 5 aromatic rings. The molecule has 3 atom stereocenters. The highest BCUT2D eigenvalue weighted by atomic mass is 16.7. The standard InChI is InChI=1S/C45H46N4O5/c50-30-32-15-17-34(18-16-32)41-27-39(29-48-25-23-45(24-26-48)44(52)47-31-49(45)38-12-5-2-6-13-38)53-43(54-41)36-21-19-33(20-22-36)40-14-8-7-11-37(40)28-46-42(51)35-9-3-1-4-10-35/h1-22,39,41,43,50H,23-31H2,(H,46,51)(H,47,52). The first-order valence-corrected chi connectivity index (χ1v) is 18.8. The number of carbonyl (C=O) groups is 2. The van der Waals surface area contributed by atoms with Gasteiger partial charge in [-0.25, -0.2) is 0 Å². The third-order valence-electron chi connectivity index (χ3n) is 11.2. The Hall–Kier alpha value is -5.32. The van der Waals surface area contributed by atoms with E-state index in [2.05, 4.69) is 62.9 Å². The fourth-order valence-electron chi connectivity index (χ4n) is 8.10. The van der Waals surface area contributed by atoms with Crippen molar-refractivity contribution in [3.63, 3.8) is 0 Å². The van der Waals surface area contributed by atoms with Gasteiger partial charge in [-0.3, -0.25) is 9.59 Å². The maximum Gasteiger partial charge on any atom is 0.251 e. The van der Waals surface area contributed by atoms with E-state index in [1.54, 1.807) is 0 Å². The molecule has 3 unspecified atom stereocenters. The number of ether oxygens (including phenoxy) is 2. The van der Waals surface area contributed by atoms with Crippen LogP contribution >= 0.6 is 0 Å². The monoisotopic (exact) mass is 722 g/mol. The highest BCUT2D eigenvalue weighted by Crippen LogP contribution is 2.40. The lowest BCUT2D eigenvalue weighted by Crippen LogP contribution is -2.57. The molecule has 1 spiro atoms. The molecular weight excluding hydrogens is 677 g/mol. The van der Waals surface area contributed by atoms with Crippen LogP contribution in [-0.2, 0) is 27.4 Å². The Bertz CT molecular complexity index is 2030. The Balaban J connectivity index is 0.974. The van der Waals surface area contributed by atoms with Crippen LogP contribution in [0, 0.1) is 0 Å². The average Bonchev–Trinajstić information content (AvgIpc) is 3.55. The average molecular weight is 723 g/mol. The zero-order valence-electron chi connectivity index (χ0n) is 30.3. The number of hydrogen-bond acceptors (Lipinski definition) is 7. The second kappa shape index (κ2) is 16.0. The first-order valence-electron chi connectivity index (χ1n) is 18.8. The summed E-state index contributed by atoms with van der Waals surface area (Å²) in [7, 11) is 0. The smallest absolute Gasteiger partial charge is 0.251 e. The van der Waals surface area contributed by atoms with Crippen LogP contribution in [0.3, 0.4) is 0 Å². The van der Waals surface area contributed by atoms with Gasteiger partial charge in [0.1, 0.15) is 5.54 Å². The lowest BCUT2D eigenvalue weighted by molar-refractivity contribution is -0.253. The molecule has 3 heterocycles. The number of nitrogens with one attached hydrogen (secondary N) is 2. The first kappa shape index (κ1) is 35.7. The molecule has 276 valence electrons. The van der Waals surface area contributed by atoms with E-state index < -0.39 is 11.8 Å². The van der Waals surface area contributed by atoms with Crippen LogP contribution in [-0.4, -0.2) is 59.8 Å².